The van der Waals surface area contributed by atoms with E-state index in [1.54, 1.807) is 0 Å². The third kappa shape index (κ3) is 2.74. The van der Waals surface area contributed by atoms with Crippen LogP contribution in [0.25, 0.3) is 0 Å². The van der Waals surface area contributed by atoms with E-state index in [2.05, 4.69) is 15.9 Å². The molecule has 0 saturated heterocycles. The lowest BCUT2D eigenvalue weighted by Gasteiger charge is -2.10. The molecule has 76 valence electrons. The third-order valence-electron chi connectivity index (χ3n) is 2.77. The summed E-state index contributed by atoms with van der Waals surface area (Å²) in [7, 11) is 0. The Kier molecular flexibility index (Phi) is 3.46. The Hall–Kier alpha value is -0.500. The summed E-state index contributed by atoms with van der Waals surface area (Å²) in [5.41, 5.74) is 0. The first-order valence-corrected chi connectivity index (χ1v) is 6.02. The van der Waals surface area contributed by atoms with E-state index < -0.39 is 0 Å². The zero-order valence-corrected chi connectivity index (χ0v) is 9.79. The fourth-order valence-electron chi connectivity index (χ4n) is 1.92. The molecule has 0 bridgehead atoms. The average molecular weight is 255 g/mol. The Morgan fingerprint density at radius 2 is 1.79 bits per heavy atom. The Balaban J connectivity index is 1.82. The Morgan fingerprint density at radius 1 is 1.14 bits per heavy atom. The second-order valence-electron chi connectivity index (χ2n) is 3.92. The van der Waals surface area contributed by atoms with Gasteiger partial charge in [-0.2, -0.15) is 0 Å². The van der Waals surface area contributed by atoms with E-state index in [1.807, 2.05) is 24.3 Å². The number of hydrogen-bond acceptors (Lipinski definition) is 1. The van der Waals surface area contributed by atoms with E-state index in [0.717, 1.165) is 22.7 Å². The highest BCUT2D eigenvalue weighted by Gasteiger charge is 2.15. The molecule has 1 nitrogen and oxygen atoms in total. The predicted molar refractivity (Wildman–Crippen MR) is 61.6 cm³/mol. The van der Waals surface area contributed by atoms with Gasteiger partial charge in [-0.3, -0.25) is 0 Å². The van der Waals surface area contributed by atoms with Gasteiger partial charge in [0.15, 0.2) is 0 Å². The lowest BCUT2D eigenvalue weighted by atomic mass is 10.1. The van der Waals surface area contributed by atoms with Crippen LogP contribution < -0.4 is 4.74 Å². The van der Waals surface area contributed by atoms with Crippen LogP contribution >= 0.6 is 15.9 Å². The molecule has 1 fully saturated rings. The normalized spacial score (nSPS) is 17.2. The summed E-state index contributed by atoms with van der Waals surface area (Å²) in [6.45, 7) is 0.891. The first-order chi connectivity index (χ1) is 6.84. The van der Waals surface area contributed by atoms with Crippen LogP contribution in [0.5, 0.6) is 5.75 Å². The van der Waals surface area contributed by atoms with Crippen molar-refractivity contribution in [2.45, 2.75) is 25.7 Å². The first-order valence-electron chi connectivity index (χ1n) is 5.23. The highest BCUT2D eigenvalue weighted by Crippen LogP contribution is 2.25. The van der Waals surface area contributed by atoms with Gasteiger partial charge in [0.25, 0.3) is 0 Å². The zero-order valence-electron chi connectivity index (χ0n) is 8.21. The fourth-order valence-corrected chi connectivity index (χ4v) is 2.19. The molecule has 0 aromatic heterocycles. The Morgan fingerprint density at radius 3 is 2.43 bits per heavy atom. The van der Waals surface area contributed by atoms with Crippen LogP contribution in [0.3, 0.4) is 0 Å². The summed E-state index contributed by atoms with van der Waals surface area (Å²) in [5, 5.41) is 0. The van der Waals surface area contributed by atoms with Crippen LogP contribution in [0.1, 0.15) is 25.7 Å². The molecule has 2 rings (SSSR count). The SMILES string of the molecule is Brc1ccc(OCC2CCCC2)cc1. The van der Waals surface area contributed by atoms with E-state index in [0.29, 0.717) is 0 Å². The molecule has 0 heterocycles. The molecular weight excluding hydrogens is 240 g/mol. The summed E-state index contributed by atoms with van der Waals surface area (Å²) in [4.78, 5) is 0. The minimum absolute atomic E-state index is 0.790. The molecule has 1 aliphatic rings. The smallest absolute Gasteiger partial charge is 0.119 e. The standard InChI is InChI=1S/C12H15BrO/c13-11-5-7-12(8-6-11)14-9-10-3-1-2-4-10/h5-8,10H,1-4,9H2. The van der Waals surface area contributed by atoms with Gasteiger partial charge in [-0.1, -0.05) is 28.8 Å². The molecule has 0 atom stereocenters. The van der Waals surface area contributed by atoms with Gasteiger partial charge in [0, 0.05) is 4.47 Å². The quantitative estimate of drug-likeness (QED) is 0.792. The van der Waals surface area contributed by atoms with Crippen LogP contribution in [-0.2, 0) is 0 Å². The summed E-state index contributed by atoms with van der Waals surface area (Å²) in [6, 6.07) is 8.06. The van der Waals surface area contributed by atoms with Gasteiger partial charge in [0.05, 0.1) is 6.61 Å². The van der Waals surface area contributed by atoms with Gasteiger partial charge < -0.3 is 4.74 Å². The number of benzene rings is 1. The van der Waals surface area contributed by atoms with Gasteiger partial charge in [-0.25, -0.2) is 0 Å². The fraction of sp³-hybridized carbons (Fsp3) is 0.500. The van der Waals surface area contributed by atoms with Crippen molar-refractivity contribution < 1.29 is 4.74 Å². The van der Waals surface area contributed by atoms with E-state index in [9.17, 15) is 0 Å². The lowest BCUT2D eigenvalue weighted by molar-refractivity contribution is 0.252. The second-order valence-corrected chi connectivity index (χ2v) is 4.83. The first kappa shape index (κ1) is 10.0. The number of rotatable bonds is 3. The van der Waals surface area contributed by atoms with Gasteiger partial charge >= 0.3 is 0 Å². The summed E-state index contributed by atoms with van der Waals surface area (Å²) < 4.78 is 6.83. The van der Waals surface area contributed by atoms with Crippen molar-refractivity contribution in [2.24, 2.45) is 5.92 Å². The molecule has 0 radical (unpaired) electrons. The summed E-state index contributed by atoms with van der Waals surface area (Å²) >= 11 is 3.41. The molecule has 1 aromatic carbocycles. The highest BCUT2D eigenvalue weighted by molar-refractivity contribution is 9.10. The molecular formula is C12H15BrO. The molecule has 14 heavy (non-hydrogen) atoms. The largest absolute Gasteiger partial charge is 0.493 e. The van der Waals surface area contributed by atoms with E-state index in [4.69, 9.17) is 4.74 Å². The maximum absolute atomic E-state index is 5.72. The van der Waals surface area contributed by atoms with E-state index in [1.165, 1.54) is 25.7 Å². The maximum Gasteiger partial charge on any atom is 0.119 e. The van der Waals surface area contributed by atoms with E-state index in [-0.39, 0.29) is 0 Å². The topological polar surface area (TPSA) is 9.23 Å². The molecule has 1 aromatic rings. The molecule has 0 N–H and O–H groups in total. The monoisotopic (exact) mass is 254 g/mol. The van der Waals surface area contributed by atoms with Gasteiger partial charge in [-0.15, -0.1) is 0 Å². The number of halogens is 1. The van der Waals surface area contributed by atoms with Crippen molar-refractivity contribution >= 4 is 15.9 Å². The summed E-state index contributed by atoms with van der Waals surface area (Å²) in [5.74, 6) is 1.78. The molecule has 1 aliphatic carbocycles. The van der Waals surface area contributed by atoms with Crippen LogP contribution in [0.2, 0.25) is 0 Å². The average Bonchev–Trinajstić information content (AvgIpc) is 2.70. The molecule has 0 spiro atoms. The van der Waals surface area contributed by atoms with Crippen molar-refractivity contribution in [2.75, 3.05) is 6.61 Å². The zero-order chi connectivity index (χ0) is 9.80. The minimum Gasteiger partial charge on any atom is -0.493 e. The number of ether oxygens (including phenoxy) is 1. The van der Waals surface area contributed by atoms with Crippen LogP contribution in [0.4, 0.5) is 0 Å². The van der Waals surface area contributed by atoms with Crippen molar-refractivity contribution in [3.63, 3.8) is 0 Å². The van der Waals surface area contributed by atoms with Gasteiger partial charge in [-0.05, 0) is 43.0 Å². The molecule has 0 amide bonds. The Bertz CT molecular complexity index is 275. The lowest BCUT2D eigenvalue weighted by Crippen LogP contribution is -2.07. The van der Waals surface area contributed by atoms with Gasteiger partial charge in [0.1, 0.15) is 5.75 Å². The number of hydrogen-bond donors (Lipinski definition) is 0. The Labute approximate surface area is 93.6 Å². The highest BCUT2D eigenvalue weighted by atomic mass is 79.9. The van der Waals surface area contributed by atoms with Crippen molar-refractivity contribution in [3.8, 4) is 5.75 Å². The van der Waals surface area contributed by atoms with E-state index >= 15 is 0 Å². The predicted octanol–water partition coefficient (Wildman–Crippen LogP) is 4.02. The van der Waals surface area contributed by atoms with Crippen molar-refractivity contribution in [1.82, 2.24) is 0 Å². The molecule has 1 saturated carbocycles. The van der Waals surface area contributed by atoms with Crippen LogP contribution in [0, 0.1) is 5.92 Å². The second kappa shape index (κ2) is 4.83. The van der Waals surface area contributed by atoms with Crippen LogP contribution in [-0.4, -0.2) is 6.61 Å². The molecule has 2 heteroatoms. The molecule has 0 aliphatic heterocycles. The van der Waals surface area contributed by atoms with Crippen molar-refractivity contribution in [3.05, 3.63) is 28.7 Å². The van der Waals surface area contributed by atoms with Crippen LogP contribution in [0.15, 0.2) is 28.7 Å². The van der Waals surface area contributed by atoms with Crippen molar-refractivity contribution in [1.29, 1.82) is 0 Å². The minimum atomic E-state index is 0.790. The molecule has 0 unspecified atom stereocenters. The van der Waals surface area contributed by atoms with Gasteiger partial charge in [0.2, 0.25) is 0 Å². The third-order valence-corrected chi connectivity index (χ3v) is 3.30. The summed E-state index contributed by atoms with van der Waals surface area (Å²) in [6.07, 6.45) is 5.45. The maximum atomic E-state index is 5.72.